The van der Waals surface area contributed by atoms with Gasteiger partial charge in [0.1, 0.15) is 35.6 Å². The first-order chi connectivity index (χ1) is 23.0. The third-order valence-electron chi connectivity index (χ3n) is 8.01. The molecule has 3 aliphatic heterocycles. The van der Waals surface area contributed by atoms with Crippen LogP contribution in [0.15, 0.2) is 24.3 Å². The van der Waals surface area contributed by atoms with E-state index in [1.54, 1.807) is 65.8 Å². The van der Waals surface area contributed by atoms with E-state index >= 15 is 0 Å². The van der Waals surface area contributed by atoms with Crippen molar-refractivity contribution in [1.29, 1.82) is 0 Å². The minimum atomic E-state index is -0.818. The molecule has 0 N–H and O–H groups in total. The van der Waals surface area contributed by atoms with Gasteiger partial charge in [0, 0.05) is 34.7 Å². The van der Waals surface area contributed by atoms with Gasteiger partial charge in [-0.3, -0.25) is 19.4 Å². The Hall–Kier alpha value is -4.46. The van der Waals surface area contributed by atoms with E-state index < -0.39 is 72.2 Å². The molecule has 14 heteroatoms. The number of thiophene rings is 1. The molecule has 3 aliphatic rings. The molecule has 2 aromatic rings. The van der Waals surface area contributed by atoms with Gasteiger partial charge in [-0.1, -0.05) is 6.07 Å². The summed E-state index contributed by atoms with van der Waals surface area (Å²) in [4.78, 5) is 80.6. The molecule has 0 radical (unpaired) electrons. The first kappa shape index (κ1) is 35.8. The number of carbonyl (C=O) groups excluding carboxylic acids is 6. The fraction of sp³-hybridized carbons (Fsp3) is 0.543. The molecule has 4 heterocycles. The summed E-state index contributed by atoms with van der Waals surface area (Å²) in [5.74, 6) is -1.72. The van der Waals surface area contributed by atoms with Gasteiger partial charge in [0.2, 0.25) is 5.78 Å². The van der Waals surface area contributed by atoms with Crippen LogP contribution in [0.4, 0.5) is 9.59 Å². The molecule has 2 atom stereocenters. The van der Waals surface area contributed by atoms with Crippen LogP contribution in [0.2, 0.25) is 0 Å². The lowest BCUT2D eigenvalue weighted by atomic mass is 10.0. The van der Waals surface area contributed by atoms with Gasteiger partial charge in [0.15, 0.2) is 19.0 Å². The van der Waals surface area contributed by atoms with Crippen LogP contribution in [-0.4, -0.2) is 95.1 Å². The van der Waals surface area contributed by atoms with Crippen molar-refractivity contribution in [2.75, 3.05) is 26.3 Å². The Morgan fingerprint density at radius 3 is 1.84 bits per heavy atom. The van der Waals surface area contributed by atoms with Crippen molar-refractivity contribution >= 4 is 47.0 Å². The van der Waals surface area contributed by atoms with Gasteiger partial charge in [-0.25, -0.2) is 19.2 Å². The van der Waals surface area contributed by atoms with Crippen molar-refractivity contribution < 1.29 is 52.5 Å². The van der Waals surface area contributed by atoms with Gasteiger partial charge < -0.3 is 23.7 Å². The Labute approximate surface area is 288 Å². The average molecular weight is 699 g/mol. The SMILES string of the molecule is CC(C)(C)OC(=O)N1CCCC1C(=O)OCC(=O)c1ccc2c(c1)OCc1cc(C(=O)COC(=O)C3CCCN3C(=O)OC(C)(C)C)sc1-2. The Bertz CT molecular complexity index is 1650. The van der Waals surface area contributed by atoms with E-state index in [2.05, 4.69) is 0 Å². The minimum absolute atomic E-state index is 0.160. The standard InChI is InChI=1S/C35H42N2O11S/c1-34(2,3)47-32(42)36-13-7-9-23(36)30(40)45-18-25(38)20-11-12-22-27(15-20)44-17-21-16-28(49-29(21)22)26(39)19-46-31(41)24-10-8-14-37(24)33(43)48-35(4,5)6/h11-12,15-16,23-24H,7-10,13-14,17-19H2,1-6H3. The highest BCUT2D eigenvalue weighted by molar-refractivity contribution is 7.17. The van der Waals surface area contributed by atoms with Gasteiger partial charge in [-0.05, 0) is 85.4 Å². The summed E-state index contributed by atoms with van der Waals surface area (Å²) < 4.78 is 27.4. The summed E-state index contributed by atoms with van der Waals surface area (Å²) in [7, 11) is 0. The van der Waals surface area contributed by atoms with E-state index in [0.717, 1.165) is 10.4 Å². The van der Waals surface area contributed by atoms with Crippen LogP contribution in [0.3, 0.4) is 0 Å². The Morgan fingerprint density at radius 1 is 0.776 bits per heavy atom. The molecular weight excluding hydrogens is 656 g/mol. The van der Waals surface area contributed by atoms with Gasteiger partial charge in [0.05, 0.1) is 4.88 Å². The van der Waals surface area contributed by atoms with E-state index in [-0.39, 0.29) is 12.2 Å². The third kappa shape index (κ3) is 8.59. The van der Waals surface area contributed by atoms with Crippen molar-refractivity contribution in [2.45, 2.75) is 97.1 Å². The number of hydrogen-bond acceptors (Lipinski definition) is 12. The predicted octanol–water partition coefficient (Wildman–Crippen LogP) is 5.56. The number of benzene rings is 1. The molecule has 2 amide bonds. The first-order valence-electron chi connectivity index (χ1n) is 16.3. The predicted molar refractivity (Wildman–Crippen MR) is 177 cm³/mol. The highest BCUT2D eigenvalue weighted by atomic mass is 32.1. The van der Waals surface area contributed by atoms with E-state index in [4.69, 9.17) is 23.7 Å². The largest absolute Gasteiger partial charge is 0.488 e. The highest BCUT2D eigenvalue weighted by Crippen LogP contribution is 2.43. The van der Waals surface area contributed by atoms with Crippen LogP contribution in [0.1, 0.15) is 92.8 Å². The number of carbonyl (C=O) groups is 6. The van der Waals surface area contributed by atoms with Gasteiger partial charge in [-0.2, -0.15) is 0 Å². The lowest BCUT2D eigenvalue weighted by Gasteiger charge is -2.27. The molecule has 2 saturated heterocycles. The van der Waals surface area contributed by atoms with Crippen molar-refractivity contribution in [3.05, 3.63) is 40.3 Å². The van der Waals surface area contributed by atoms with E-state index in [1.807, 2.05) is 0 Å². The normalized spacial score (nSPS) is 18.6. The van der Waals surface area contributed by atoms with Crippen molar-refractivity contribution in [3.8, 4) is 16.2 Å². The van der Waals surface area contributed by atoms with Crippen molar-refractivity contribution in [2.24, 2.45) is 0 Å². The number of Topliss-reactive ketones (excluding diaryl/α,β-unsaturated/α-hetero) is 2. The Morgan fingerprint density at radius 2 is 1.31 bits per heavy atom. The fourth-order valence-electron chi connectivity index (χ4n) is 5.78. The number of nitrogens with zero attached hydrogens (tertiary/aromatic N) is 2. The molecule has 2 unspecified atom stereocenters. The number of esters is 2. The molecule has 0 spiro atoms. The van der Waals surface area contributed by atoms with Gasteiger partial charge in [0.25, 0.3) is 0 Å². The lowest BCUT2D eigenvalue weighted by Crippen LogP contribution is -2.44. The summed E-state index contributed by atoms with van der Waals surface area (Å²) in [6.45, 7) is 10.4. The molecule has 0 bridgehead atoms. The summed E-state index contributed by atoms with van der Waals surface area (Å²) in [6, 6.07) is 4.94. The summed E-state index contributed by atoms with van der Waals surface area (Å²) in [5, 5.41) is 0. The van der Waals surface area contributed by atoms with E-state index in [1.165, 1.54) is 21.1 Å². The Kier molecular flexibility index (Phi) is 10.4. The zero-order valence-electron chi connectivity index (χ0n) is 28.6. The van der Waals surface area contributed by atoms with E-state index in [0.29, 0.717) is 55.0 Å². The maximum Gasteiger partial charge on any atom is 0.411 e. The second-order valence-electron chi connectivity index (χ2n) is 14.2. The van der Waals surface area contributed by atoms with Crippen LogP contribution >= 0.6 is 11.3 Å². The number of amides is 2. The molecule has 49 heavy (non-hydrogen) atoms. The number of fused-ring (bicyclic) bond motifs is 3. The maximum absolute atomic E-state index is 13.1. The summed E-state index contributed by atoms with van der Waals surface area (Å²) >= 11 is 1.23. The zero-order valence-corrected chi connectivity index (χ0v) is 29.4. The molecule has 0 aliphatic carbocycles. The molecule has 13 nitrogen and oxygen atoms in total. The number of hydrogen-bond donors (Lipinski definition) is 0. The van der Waals surface area contributed by atoms with Crippen LogP contribution < -0.4 is 4.74 Å². The zero-order chi connectivity index (χ0) is 35.7. The lowest BCUT2D eigenvalue weighted by molar-refractivity contribution is -0.148. The number of ether oxygens (including phenoxy) is 5. The highest BCUT2D eigenvalue weighted by Gasteiger charge is 2.39. The molecule has 0 saturated carbocycles. The molecule has 1 aromatic heterocycles. The van der Waals surface area contributed by atoms with Crippen molar-refractivity contribution in [3.63, 3.8) is 0 Å². The minimum Gasteiger partial charge on any atom is -0.488 e. The van der Waals surface area contributed by atoms with Crippen LogP contribution in [-0.2, 0) is 35.1 Å². The van der Waals surface area contributed by atoms with Crippen LogP contribution in [0.25, 0.3) is 10.4 Å². The molecule has 264 valence electrons. The van der Waals surface area contributed by atoms with Crippen LogP contribution in [0.5, 0.6) is 5.75 Å². The summed E-state index contributed by atoms with van der Waals surface area (Å²) in [5.41, 5.74) is 0.321. The second-order valence-corrected chi connectivity index (χ2v) is 15.2. The van der Waals surface area contributed by atoms with Gasteiger partial charge >= 0.3 is 24.1 Å². The third-order valence-corrected chi connectivity index (χ3v) is 9.26. The topological polar surface area (TPSA) is 155 Å². The fourth-order valence-corrected chi connectivity index (χ4v) is 6.90. The smallest absolute Gasteiger partial charge is 0.411 e. The molecular formula is C35H42N2O11S. The second kappa shape index (κ2) is 14.2. The van der Waals surface area contributed by atoms with Gasteiger partial charge in [-0.15, -0.1) is 11.3 Å². The number of ketones is 2. The first-order valence-corrected chi connectivity index (χ1v) is 17.1. The molecule has 2 fully saturated rings. The summed E-state index contributed by atoms with van der Waals surface area (Å²) in [6.07, 6.45) is 0.894. The maximum atomic E-state index is 13.1. The number of rotatable bonds is 8. The molecule has 5 rings (SSSR count). The average Bonchev–Trinajstić information content (AvgIpc) is 3.80. The Balaban J connectivity index is 1.17. The molecule has 1 aromatic carbocycles. The number of likely N-dealkylation sites (tertiary alicyclic amines) is 2. The quantitative estimate of drug-likeness (QED) is 0.193. The monoisotopic (exact) mass is 698 g/mol. The van der Waals surface area contributed by atoms with Crippen LogP contribution in [0, 0.1) is 0 Å². The van der Waals surface area contributed by atoms with Crippen molar-refractivity contribution in [1.82, 2.24) is 9.80 Å². The van der Waals surface area contributed by atoms with E-state index in [9.17, 15) is 28.8 Å².